The van der Waals surface area contributed by atoms with E-state index in [2.05, 4.69) is 0 Å². The second kappa shape index (κ2) is 7.44. The highest BCUT2D eigenvalue weighted by Crippen LogP contribution is 2.37. The van der Waals surface area contributed by atoms with E-state index < -0.39 is 27.1 Å². The molecular weight excluding hydrogens is 396 g/mol. The molecule has 2 fully saturated rings. The molecule has 0 aromatic heterocycles. The van der Waals surface area contributed by atoms with Gasteiger partial charge in [-0.2, -0.15) is 0 Å². The number of piperidine rings is 1. The maximum absolute atomic E-state index is 12.8. The lowest BCUT2D eigenvalue weighted by Crippen LogP contribution is -2.54. The average Bonchev–Trinajstić information content (AvgIpc) is 2.90. The van der Waals surface area contributed by atoms with Crippen LogP contribution < -0.4 is 0 Å². The number of nitrogens with zero attached hydrogens (tertiary/aromatic N) is 2. The average molecular weight is 423 g/mol. The molecule has 2 aliphatic heterocycles. The summed E-state index contributed by atoms with van der Waals surface area (Å²) in [7, 11) is -3.53. The van der Waals surface area contributed by atoms with Gasteiger partial charge >= 0.3 is 6.09 Å². The van der Waals surface area contributed by atoms with E-state index in [1.165, 1.54) is 17.0 Å². The summed E-state index contributed by atoms with van der Waals surface area (Å²) in [6, 6.07) is 8.02. The van der Waals surface area contributed by atoms with Crippen LogP contribution in [0, 0.1) is 0 Å². The first-order valence-electron chi connectivity index (χ1n) is 9.59. The lowest BCUT2D eigenvalue weighted by molar-refractivity contribution is -0.146. The maximum atomic E-state index is 12.8. The van der Waals surface area contributed by atoms with Crippen LogP contribution in [0.4, 0.5) is 4.79 Å². The molecule has 1 aromatic rings. The van der Waals surface area contributed by atoms with Crippen molar-refractivity contribution < 1.29 is 27.5 Å². The molecule has 8 nitrogen and oxygen atoms in total. The molecule has 3 amide bonds. The highest BCUT2D eigenvalue weighted by Gasteiger charge is 2.57. The fourth-order valence-electron chi connectivity index (χ4n) is 3.68. The molecule has 2 saturated heterocycles. The minimum Gasteiger partial charge on any atom is -0.432 e. The van der Waals surface area contributed by atoms with Crippen LogP contribution in [0.25, 0.3) is 0 Å². The van der Waals surface area contributed by atoms with E-state index in [9.17, 15) is 22.8 Å². The molecule has 9 heteroatoms. The number of imide groups is 1. The maximum Gasteiger partial charge on any atom is 0.418 e. The van der Waals surface area contributed by atoms with E-state index in [1.54, 1.807) is 39.0 Å². The Morgan fingerprint density at radius 2 is 1.69 bits per heavy atom. The van der Waals surface area contributed by atoms with Crippen molar-refractivity contribution in [2.24, 2.45) is 0 Å². The van der Waals surface area contributed by atoms with Crippen LogP contribution in [0.1, 0.15) is 40.0 Å². The van der Waals surface area contributed by atoms with Crippen LogP contribution in [0.2, 0.25) is 0 Å². The third kappa shape index (κ3) is 4.14. The summed E-state index contributed by atoms with van der Waals surface area (Å²) in [5.74, 6) is -0.930. The van der Waals surface area contributed by atoms with Crippen molar-refractivity contribution in [2.45, 2.75) is 56.1 Å². The standard InChI is InChI=1S/C20H26N2O6S/c1-19(2,3)22-17(24)20(28-18(22)25)10-12-21(13-11-20)16(23)9-14-29(26,27)15-7-5-4-6-8-15/h4-8H,9-14H2,1-3H3. The zero-order chi connectivity index (χ0) is 21.4. The van der Waals surface area contributed by atoms with Crippen LogP contribution in [0.15, 0.2) is 35.2 Å². The molecule has 2 heterocycles. The molecule has 3 rings (SSSR count). The minimum absolute atomic E-state index is 0.133. The molecule has 1 aromatic carbocycles. The van der Waals surface area contributed by atoms with Crippen molar-refractivity contribution in [1.29, 1.82) is 0 Å². The second-order valence-electron chi connectivity index (χ2n) is 8.44. The van der Waals surface area contributed by atoms with Crippen LogP contribution >= 0.6 is 0 Å². The summed E-state index contributed by atoms with van der Waals surface area (Å²) < 4.78 is 30.2. The Morgan fingerprint density at radius 1 is 1.10 bits per heavy atom. The zero-order valence-electron chi connectivity index (χ0n) is 16.9. The minimum atomic E-state index is -3.53. The van der Waals surface area contributed by atoms with Gasteiger partial charge in [0.15, 0.2) is 15.4 Å². The molecule has 158 valence electrons. The lowest BCUT2D eigenvalue weighted by atomic mass is 9.89. The quantitative estimate of drug-likeness (QED) is 0.735. The van der Waals surface area contributed by atoms with Crippen molar-refractivity contribution in [3.05, 3.63) is 30.3 Å². The van der Waals surface area contributed by atoms with Crippen LogP contribution in [-0.4, -0.2) is 66.1 Å². The fraction of sp³-hybridized carbons (Fsp3) is 0.550. The first-order valence-corrected chi connectivity index (χ1v) is 11.2. The molecule has 2 aliphatic rings. The fourth-order valence-corrected chi connectivity index (χ4v) is 4.93. The molecule has 0 aliphatic carbocycles. The summed E-state index contributed by atoms with van der Waals surface area (Å²) in [6.45, 7) is 5.76. The zero-order valence-corrected chi connectivity index (χ0v) is 17.7. The number of ether oxygens (including phenoxy) is 1. The van der Waals surface area contributed by atoms with Gasteiger partial charge in [0.2, 0.25) is 5.91 Å². The van der Waals surface area contributed by atoms with Gasteiger partial charge in [0.05, 0.1) is 10.6 Å². The van der Waals surface area contributed by atoms with E-state index >= 15 is 0 Å². The Morgan fingerprint density at radius 3 is 2.21 bits per heavy atom. The highest BCUT2D eigenvalue weighted by atomic mass is 32.2. The van der Waals surface area contributed by atoms with Crippen molar-refractivity contribution in [3.63, 3.8) is 0 Å². The van der Waals surface area contributed by atoms with Crippen molar-refractivity contribution in [3.8, 4) is 0 Å². The predicted octanol–water partition coefficient (Wildman–Crippen LogP) is 1.99. The summed E-state index contributed by atoms with van der Waals surface area (Å²) in [6.07, 6.45) is -0.370. The van der Waals surface area contributed by atoms with Gasteiger partial charge in [0.1, 0.15) is 0 Å². The van der Waals surface area contributed by atoms with Crippen molar-refractivity contribution in [2.75, 3.05) is 18.8 Å². The van der Waals surface area contributed by atoms with E-state index in [1.807, 2.05) is 0 Å². The smallest absolute Gasteiger partial charge is 0.418 e. The number of carbonyl (C=O) groups is 3. The molecule has 0 saturated carbocycles. The first-order chi connectivity index (χ1) is 13.5. The number of hydrogen-bond donors (Lipinski definition) is 0. The number of amides is 3. The molecule has 0 atom stereocenters. The number of carbonyl (C=O) groups excluding carboxylic acids is 3. The summed E-state index contributed by atoms with van der Waals surface area (Å²) in [4.78, 5) is 40.4. The summed E-state index contributed by atoms with van der Waals surface area (Å²) in [5.41, 5.74) is -1.91. The summed E-state index contributed by atoms with van der Waals surface area (Å²) >= 11 is 0. The number of benzene rings is 1. The lowest BCUT2D eigenvalue weighted by Gasteiger charge is -2.36. The van der Waals surface area contributed by atoms with Gasteiger partial charge < -0.3 is 9.64 Å². The second-order valence-corrected chi connectivity index (χ2v) is 10.5. The highest BCUT2D eigenvalue weighted by molar-refractivity contribution is 7.91. The normalized spacial score (nSPS) is 19.6. The Bertz CT molecular complexity index is 912. The van der Waals surface area contributed by atoms with E-state index in [0.29, 0.717) is 0 Å². The van der Waals surface area contributed by atoms with Gasteiger partial charge in [-0.3, -0.25) is 9.59 Å². The molecular formula is C20H26N2O6S. The predicted molar refractivity (Wildman–Crippen MR) is 105 cm³/mol. The van der Waals surface area contributed by atoms with Crippen LogP contribution in [-0.2, 0) is 24.2 Å². The first kappa shape index (κ1) is 21.3. The Labute approximate surface area is 170 Å². The Balaban J connectivity index is 1.59. The third-order valence-corrected chi connectivity index (χ3v) is 7.07. The number of sulfone groups is 1. The van der Waals surface area contributed by atoms with Gasteiger partial charge in [-0.15, -0.1) is 0 Å². The molecule has 0 radical (unpaired) electrons. The summed E-state index contributed by atoms with van der Waals surface area (Å²) in [5, 5.41) is 0. The topological polar surface area (TPSA) is 101 Å². The van der Waals surface area contributed by atoms with E-state index in [0.717, 1.165) is 4.90 Å². The van der Waals surface area contributed by atoms with Crippen LogP contribution in [0.3, 0.4) is 0 Å². The molecule has 1 spiro atoms. The largest absolute Gasteiger partial charge is 0.432 e. The van der Waals surface area contributed by atoms with Gasteiger partial charge in [0, 0.05) is 37.9 Å². The van der Waals surface area contributed by atoms with E-state index in [-0.39, 0.29) is 54.8 Å². The molecule has 0 bridgehead atoms. The molecule has 29 heavy (non-hydrogen) atoms. The van der Waals surface area contributed by atoms with Gasteiger partial charge in [-0.1, -0.05) is 18.2 Å². The Hall–Kier alpha value is -2.42. The number of likely N-dealkylation sites (tertiary alicyclic amines) is 1. The number of rotatable bonds is 4. The SMILES string of the molecule is CC(C)(C)N1C(=O)OC2(CCN(C(=O)CCS(=O)(=O)c3ccccc3)CC2)C1=O. The number of hydrogen-bond acceptors (Lipinski definition) is 6. The monoisotopic (exact) mass is 422 g/mol. The molecule has 0 N–H and O–H groups in total. The van der Waals surface area contributed by atoms with Crippen molar-refractivity contribution in [1.82, 2.24) is 9.80 Å². The van der Waals surface area contributed by atoms with E-state index in [4.69, 9.17) is 4.74 Å². The van der Waals surface area contributed by atoms with Gasteiger partial charge in [-0.25, -0.2) is 18.1 Å². The molecule has 0 unspecified atom stereocenters. The van der Waals surface area contributed by atoms with Crippen molar-refractivity contribution >= 4 is 27.7 Å². The third-order valence-electron chi connectivity index (χ3n) is 5.34. The van der Waals surface area contributed by atoms with Gasteiger partial charge in [-0.05, 0) is 32.9 Å². The van der Waals surface area contributed by atoms with Crippen LogP contribution in [0.5, 0.6) is 0 Å². The van der Waals surface area contributed by atoms with Gasteiger partial charge in [0.25, 0.3) is 5.91 Å². The Kier molecular flexibility index (Phi) is 5.46.